The summed E-state index contributed by atoms with van der Waals surface area (Å²) < 4.78 is 10.3. The molecule has 1 aliphatic heterocycles. The second kappa shape index (κ2) is 2.97. The Hall–Kier alpha value is -1.71. The van der Waals surface area contributed by atoms with Gasteiger partial charge in [0, 0.05) is 11.6 Å². The van der Waals surface area contributed by atoms with Gasteiger partial charge in [-0.2, -0.15) is 10.5 Å². The molecule has 1 aliphatic rings. The van der Waals surface area contributed by atoms with Crippen LogP contribution in [0.3, 0.4) is 0 Å². The van der Waals surface area contributed by atoms with E-state index in [1.807, 2.05) is 6.07 Å². The molecule has 0 spiro atoms. The van der Waals surface area contributed by atoms with Gasteiger partial charge in [-0.05, 0) is 6.07 Å². The van der Waals surface area contributed by atoms with Crippen molar-refractivity contribution < 1.29 is 9.47 Å². The van der Waals surface area contributed by atoms with Crippen LogP contribution in [-0.4, -0.2) is 20.4 Å². The summed E-state index contributed by atoms with van der Waals surface area (Å²) in [5, 5.41) is 3.79. The van der Waals surface area contributed by atoms with Crippen LogP contribution in [0.1, 0.15) is 5.56 Å². The monoisotopic (exact) mass is 177 g/mol. The molecule has 0 bridgehead atoms. The fourth-order valence-corrected chi connectivity index (χ4v) is 1.23. The van der Waals surface area contributed by atoms with E-state index < -0.39 is 0 Å². The zero-order valence-electron chi connectivity index (χ0n) is 7.44. The van der Waals surface area contributed by atoms with Gasteiger partial charge in [0.25, 0.3) is 0 Å². The van der Waals surface area contributed by atoms with Gasteiger partial charge in [0.2, 0.25) is 0 Å². The first-order valence-electron chi connectivity index (χ1n) is 3.85. The van der Waals surface area contributed by atoms with Crippen LogP contribution in [0.25, 0.3) is 0 Å². The third-order valence-electron chi connectivity index (χ3n) is 1.90. The van der Waals surface area contributed by atoms with E-state index in [0.29, 0.717) is 11.5 Å². The van der Waals surface area contributed by atoms with E-state index in [-0.39, 0.29) is 0 Å². The molecule has 4 nitrogen and oxygen atoms in total. The highest BCUT2D eigenvalue weighted by atomic mass is 16.5. The average molecular weight is 177 g/mol. The van der Waals surface area contributed by atoms with E-state index in [4.69, 9.17) is 9.47 Å². The number of fused-ring (bicyclic) bond motifs is 1. The van der Waals surface area contributed by atoms with Crippen LogP contribution < -0.4 is 14.9 Å². The van der Waals surface area contributed by atoms with Crippen molar-refractivity contribution in [3.63, 3.8) is 0 Å². The first kappa shape index (κ1) is 7.91. The summed E-state index contributed by atoms with van der Waals surface area (Å²) >= 11 is 0. The quantitative estimate of drug-likeness (QED) is 0.683. The fourth-order valence-electron chi connectivity index (χ4n) is 1.23. The van der Waals surface area contributed by atoms with Crippen molar-refractivity contribution in [1.29, 1.82) is 0 Å². The lowest BCUT2D eigenvalue weighted by Gasteiger charge is -2.08. The maximum Gasteiger partial charge on any atom is 0.162 e. The Morgan fingerprint density at radius 1 is 1.08 bits per heavy atom. The Kier molecular flexibility index (Phi) is 1.81. The zero-order chi connectivity index (χ0) is 9.26. The summed E-state index contributed by atoms with van der Waals surface area (Å²) in [7, 11) is 3.20. The Morgan fingerprint density at radius 3 is 2.46 bits per heavy atom. The molecule has 0 saturated heterocycles. The van der Waals surface area contributed by atoms with Crippen molar-refractivity contribution in [1.82, 2.24) is 5.43 Å². The van der Waals surface area contributed by atoms with Crippen LogP contribution in [0.2, 0.25) is 0 Å². The number of nitrogens with zero attached hydrogens (tertiary/aromatic N) is 2. The standard InChI is InChI=1S/C9H9N2O2/c1-12-8-3-6-5-10-11-7(6)4-9(8)13-2/h3-5H,1-2H3. The highest BCUT2D eigenvalue weighted by Gasteiger charge is 2.13. The van der Waals surface area contributed by atoms with Crippen molar-refractivity contribution in [2.75, 3.05) is 14.2 Å². The summed E-state index contributed by atoms with van der Waals surface area (Å²) in [6, 6.07) is 3.66. The first-order valence-corrected chi connectivity index (χ1v) is 3.85. The van der Waals surface area contributed by atoms with E-state index in [1.54, 1.807) is 26.5 Å². The molecule has 1 radical (unpaired) electrons. The van der Waals surface area contributed by atoms with E-state index in [0.717, 1.165) is 11.3 Å². The van der Waals surface area contributed by atoms with Crippen molar-refractivity contribution >= 4 is 11.9 Å². The van der Waals surface area contributed by atoms with Gasteiger partial charge in [0.15, 0.2) is 11.5 Å². The normalized spacial score (nSPS) is 12.2. The zero-order valence-corrected chi connectivity index (χ0v) is 7.44. The van der Waals surface area contributed by atoms with Gasteiger partial charge < -0.3 is 9.47 Å². The third kappa shape index (κ3) is 1.20. The Balaban J connectivity index is 2.51. The maximum absolute atomic E-state index is 5.13. The van der Waals surface area contributed by atoms with Crippen LogP contribution in [-0.2, 0) is 0 Å². The summed E-state index contributed by atoms with van der Waals surface area (Å²) in [6.07, 6.45) is 1.69. The molecule has 1 aromatic rings. The maximum atomic E-state index is 5.13. The van der Waals surface area contributed by atoms with Gasteiger partial charge in [0.05, 0.1) is 26.1 Å². The molecule has 1 aromatic carbocycles. The van der Waals surface area contributed by atoms with Crippen LogP contribution in [0.5, 0.6) is 11.5 Å². The molecule has 67 valence electrons. The van der Waals surface area contributed by atoms with Gasteiger partial charge in [-0.15, -0.1) is 0 Å². The van der Waals surface area contributed by atoms with Gasteiger partial charge in [-0.3, -0.25) is 0 Å². The molecular formula is C9H9N2O2. The lowest BCUT2D eigenvalue weighted by Crippen LogP contribution is -1.92. The van der Waals surface area contributed by atoms with Crippen LogP contribution in [0, 0.1) is 0 Å². The molecule has 2 rings (SSSR count). The van der Waals surface area contributed by atoms with Crippen molar-refractivity contribution in [3.05, 3.63) is 17.7 Å². The summed E-state index contributed by atoms with van der Waals surface area (Å²) in [6.45, 7) is 0. The summed E-state index contributed by atoms with van der Waals surface area (Å²) in [4.78, 5) is 0. The predicted molar refractivity (Wildman–Crippen MR) is 48.9 cm³/mol. The predicted octanol–water partition coefficient (Wildman–Crippen LogP) is 1.29. The van der Waals surface area contributed by atoms with Crippen molar-refractivity contribution in [2.24, 2.45) is 5.10 Å². The summed E-state index contributed by atoms with van der Waals surface area (Å²) in [5.41, 5.74) is 5.69. The van der Waals surface area contributed by atoms with Crippen molar-refractivity contribution in [3.8, 4) is 11.5 Å². The van der Waals surface area contributed by atoms with E-state index in [2.05, 4.69) is 10.5 Å². The molecule has 0 N–H and O–H groups in total. The van der Waals surface area contributed by atoms with Gasteiger partial charge in [0.1, 0.15) is 0 Å². The minimum absolute atomic E-state index is 0.676. The molecule has 0 aliphatic carbocycles. The van der Waals surface area contributed by atoms with Crippen LogP contribution in [0.15, 0.2) is 17.2 Å². The van der Waals surface area contributed by atoms with E-state index in [1.165, 1.54) is 0 Å². The lowest BCUT2D eigenvalue weighted by atomic mass is 10.2. The topological polar surface area (TPSA) is 44.9 Å². The Bertz CT molecular complexity index is 361. The molecule has 0 fully saturated rings. The fraction of sp³-hybridized carbons (Fsp3) is 0.222. The largest absolute Gasteiger partial charge is 0.493 e. The molecule has 13 heavy (non-hydrogen) atoms. The molecule has 0 amide bonds. The molecule has 0 saturated carbocycles. The summed E-state index contributed by atoms with van der Waals surface area (Å²) in [5.74, 6) is 1.38. The number of methoxy groups -OCH3 is 2. The van der Waals surface area contributed by atoms with Gasteiger partial charge in [-0.25, -0.2) is 0 Å². The van der Waals surface area contributed by atoms with Crippen LogP contribution in [0.4, 0.5) is 5.69 Å². The number of ether oxygens (including phenoxy) is 2. The molecule has 0 unspecified atom stereocenters. The number of rotatable bonds is 2. The second-order valence-corrected chi connectivity index (χ2v) is 2.61. The molecule has 0 aromatic heterocycles. The third-order valence-corrected chi connectivity index (χ3v) is 1.90. The molecular weight excluding hydrogens is 168 g/mol. The highest BCUT2D eigenvalue weighted by Crippen LogP contribution is 2.34. The smallest absolute Gasteiger partial charge is 0.162 e. The van der Waals surface area contributed by atoms with Crippen LogP contribution >= 0.6 is 0 Å². The van der Waals surface area contributed by atoms with Gasteiger partial charge in [-0.1, -0.05) is 0 Å². The number of hydrogen-bond acceptors (Lipinski definition) is 3. The highest BCUT2D eigenvalue weighted by molar-refractivity contribution is 5.90. The Labute approximate surface area is 76.2 Å². The SMILES string of the molecule is COc1cc2c(cc1OC)[N]N=C2. The molecule has 4 heteroatoms. The molecule has 0 atom stereocenters. The van der Waals surface area contributed by atoms with E-state index >= 15 is 0 Å². The first-order chi connectivity index (χ1) is 6.35. The van der Waals surface area contributed by atoms with E-state index in [9.17, 15) is 0 Å². The second-order valence-electron chi connectivity index (χ2n) is 2.61. The molecule has 1 heterocycles. The number of benzene rings is 1. The lowest BCUT2D eigenvalue weighted by molar-refractivity contribution is 0.355. The Morgan fingerprint density at radius 2 is 1.77 bits per heavy atom. The minimum Gasteiger partial charge on any atom is -0.493 e. The minimum atomic E-state index is 0.676. The average Bonchev–Trinajstić information content (AvgIpc) is 2.62. The van der Waals surface area contributed by atoms with Crippen molar-refractivity contribution in [2.45, 2.75) is 0 Å². The number of hydrogen-bond donors (Lipinski definition) is 0. The van der Waals surface area contributed by atoms with Gasteiger partial charge >= 0.3 is 0 Å².